The molecule has 0 fully saturated rings. The molecule has 11 heteroatoms. The van der Waals surface area contributed by atoms with Gasteiger partial charge in [0.2, 0.25) is 0 Å². The van der Waals surface area contributed by atoms with Crippen molar-refractivity contribution in [3.05, 3.63) is 69.8 Å². The summed E-state index contributed by atoms with van der Waals surface area (Å²) in [5.74, 6) is 0. The van der Waals surface area contributed by atoms with Crippen molar-refractivity contribution in [3.63, 3.8) is 0 Å². The van der Waals surface area contributed by atoms with Crippen molar-refractivity contribution in [1.29, 1.82) is 0 Å². The molecular weight excluding hydrogens is 445 g/mol. The van der Waals surface area contributed by atoms with Crippen molar-refractivity contribution in [2.45, 2.75) is 35.9 Å². The lowest BCUT2D eigenvalue weighted by Crippen LogP contribution is -2.22. The van der Waals surface area contributed by atoms with E-state index < -0.39 is 38.5 Å². The molecule has 6 nitrogen and oxygen atoms in total. The zero-order valence-corrected chi connectivity index (χ0v) is 17.1. The summed E-state index contributed by atoms with van der Waals surface area (Å²) in [5, 5.41) is 8.96. The average molecular weight is 461 g/mol. The fourth-order valence-corrected chi connectivity index (χ4v) is 4.23. The molecule has 0 saturated carbocycles. The molecule has 1 atom stereocenters. The van der Waals surface area contributed by atoms with Crippen LogP contribution in [0.5, 0.6) is 0 Å². The smallest absolute Gasteiger partial charge is 0.392 e. The number of alkyl halides is 4. The largest absolute Gasteiger partial charge is 0.416 e. The van der Waals surface area contributed by atoms with E-state index in [4.69, 9.17) is 11.6 Å². The van der Waals surface area contributed by atoms with Gasteiger partial charge in [-0.15, -0.1) is 11.6 Å². The summed E-state index contributed by atoms with van der Waals surface area (Å²) in [5.41, 5.74) is -1.78. The Morgan fingerprint density at radius 3 is 2.53 bits per heavy atom. The van der Waals surface area contributed by atoms with Crippen molar-refractivity contribution in [2.24, 2.45) is 0 Å². The van der Waals surface area contributed by atoms with Crippen LogP contribution in [0.15, 0.2) is 52.4 Å². The van der Waals surface area contributed by atoms with E-state index in [1.165, 1.54) is 25.1 Å². The minimum atomic E-state index is -4.75. The highest BCUT2D eigenvalue weighted by molar-refractivity contribution is 7.93. The maximum Gasteiger partial charge on any atom is 0.416 e. The number of aromatic nitrogens is 2. The Labute approximate surface area is 174 Å². The number of aliphatic hydroxyl groups excluding tert-OH is 1. The summed E-state index contributed by atoms with van der Waals surface area (Å²) in [7, 11) is -3.75. The van der Waals surface area contributed by atoms with Gasteiger partial charge in [-0.3, -0.25) is 9.36 Å². The predicted octanol–water partition coefficient (Wildman–Crippen LogP) is 3.31. The van der Waals surface area contributed by atoms with Crippen LogP contribution in [0.3, 0.4) is 0 Å². The van der Waals surface area contributed by atoms with Crippen LogP contribution >= 0.6 is 11.6 Å². The number of halogens is 4. The second kappa shape index (κ2) is 8.01. The molecule has 1 N–H and O–H groups in total. The molecule has 0 bridgehead atoms. The van der Waals surface area contributed by atoms with Gasteiger partial charge in [0.15, 0.2) is 9.84 Å². The van der Waals surface area contributed by atoms with Crippen LogP contribution in [-0.2, 0) is 29.2 Å². The molecule has 1 aromatic heterocycles. The van der Waals surface area contributed by atoms with Crippen LogP contribution in [0, 0.1) is 0 Å². The zero-order chi connectivity index (χ0) is 22.3. The van der Waals surface area contributed by atoms with Crippen LogP contribution < -0.4 is 5.56 Å². The first-order valence-electron chi connectivity index (χ1n) is 8.62. The standard InChI is InChI=1S/C19H16ClF3N2O4S/c1-11(20)30(28,29)14-4-2-3-12(5-14)8-25-10-24-17-6-13(9-26)16(19(21,22)23)7-15(17)18(25)27/h2-7,10-11,26H,8-9H2,1H3. The lowest BCUT2D eigenvalue weighted by molar-refractivity contribution is -0.138. The predicted molar refractivity (Wildman–Crippen MR) is 105 cm³/mol. The quantitative estimate of drug-likeness (QED) is 0.590. The van der Waals surface area contributed by atoms with E-state index >= 15 is 0 Å². The Bertz CT molecular complexity index is 1270. The zero-order valence-electron chi connectivity index (χ0n) is 15.5. The molecule has 1 heterocycles. The Balaban J connectivity index is 2.09. The number of rotatable bonds is 5. The van der Waals surface area contributed by atoms with Gasteiger partial charge in [-0.2, -0.15) is 13.2 Å². The van der Waals surface area contributed by atoms with Gasteiger partial charge in [0.25, 0.3) is 5.56 Å². The molecule has 3 rings (SSSR count). The molecule has 0 aliphatic carbocycles. The van der Waals surface area contributed by atoms with Crippen LogP contribution in [-0.4, -0.2) is 27.8 Å². The molecule has 2 aromatic carbocycles. The highest BCUT2D eigenvalue weighted by Gasteiger charge is 2.34. The Morgan fingerprint density at radius 1 is 1.23 bits per heavy atom. The molecule has 0 spiro atoms. The summed E-state index contributed by atoms with van der Waals surface area (Å²) < 4.78 is 64.2. The lowest BCUT2D eigenvalue weighted by Gasteiger charge is -2.14. The number of hydrogen-bond donors (Lipinski definition) is 1. The molecule has 0 radical (unpaired) electrons. The third-order valence-electron chi connectivity index (χ3n) is 4.53. The topological polar surface area (TPSA) is 89.3 Å². The fourth-order valence-electron chi connectivity index (χ4n) is 2.96. The van der Waals surface area contributed by atoms with E-state index in [9.17, 15) is 31.5 Å². The first kappa shape index (κ1) is 22.3. The van der Waals surface area contributed by atoms with Crippen LogP contribution in [0.1, 0.15) is 23.6 Å². The molecule has 0 saturated heterocycles. The molecule has 1 unspecified atom stereocenters. The van der Waals surface area contributed by atoms with Gasteiger partial charge in [0.05, 0.1) is 40.8 Å². The van der Waals surface area contributed by atoms with Gasteiger partial charge < -0.3 is 5.11 Å². The summed E-state index contributed by atoms with van der Waals surface area (Å²) in [4.78, 5) is 16.7. The van der Waals surface area contributed by atoms with Crippen molar-refractivity contribution < 1.29 is 26.7 Å². The third-order valence-corrected chi connectivity index (χ3v) is 7.00. The van der Waals surface area contributed by atoms with Gasteiger partial charge in [-0.1, -0.05) is 12.1 Å². The van der Waals surface area contributed by atoms with E-state index in [1.54, 1.807) is 6.07 Å². The maximum atomic E-state index is 13.3. The van der Waals surface area contributed by atoms with Crippen LogP contribution in [0.25, 0.3) is 10.9 Å². The SMILES string of the molecule is CC(Cl)S(=O)(=O)c1cccc(Cn2cnc3cc(CO)c(C(F)(F)F)cc3c2=O)c1. The second-order valence-electron chi connectivity index (χ2n) is 6.60. The molecular formula is C19H16ClF3N2O4S. The van der Waals surface area contributed by atoms with Gasteiger partial charge in [0, 0.05) is 0 Å². The number of nitrogens with zero attached hydrogens (tertiary/aromatic N) is 2. The van der Waals surface area contributed by atoms with Crippen LogP contribution in [0.4, 0.5) is 13.2 Å². The normalized spacial score (nSPS) is 13.5. The number of fused-ring (bicyclic) bond motifs is 1. The highest BCUT2D eigenvalue weighted by Crippen LogP contribution is 2.33. The molecule has 0 amide bonds. The first-order valence-corrected chi connectivity index (χ1v) is 10.6. The minimum absolute atomic E-state index is 0.0144. The third kappa shape index (κ3) is 4.21. The molecule has 0 aliphatic heterocycles. The molecule has 30 heavy (non-hydrogen) atoms. The van der Waals surface area contributed by atoms with Crippen molar-refractivity contribution >= 4 is 32.3 Å². The summed E-state index contributed by atoms with van der Waals surface area (Å²) in [6.07, 6.45) is -3.59. The number of benzene rings is 2. The fraction of sp³-hybridized carbons (Fsp3) is 0.263. The Kier molecular flexibility index (Phi) is 5.94. The van der Waals surface area contributed by atoms with E-state index in [2.05, 4.69) is 4.98 Å². The summed E-state index contributed by atoms with van der Waals surface area (Å²) >= 11 is 5.72. The first-order chi connectivity index (χ1) is 13.9. The summed E-state index contributed by atoms with van der Waals surface area (Å²) in [6.45, 7) is 0.362. The molecule has 3 aromatic rings. The second-order valence-corrected chi connectivity index (χ2v) is 9.78. The number of sulfone groups is 1. The molecule has 0 aliphatic rings. The Morgan fingerprint density at radius 2 is 1.93 bits per heavy atom. The van der Waals surface area contributed by atoms with Gasteiger partial charge >= 0.3 is 6.18 Å². The van der Waals surface area contributed by atoms with Gasteiger partial charge in [0.1, 0.15) is 4.71 Å². The molecule has 160 valence electrons. The van der Waals surface area contributed by atoms with E-state index in [0.29, 0.717) is 11.6 Å². The van der Waals surface area contributed by atoms with Gasteiger partial charge in [-0.25, -0.2) is 13.4 Å². The van der Waals surface area contributed by atoms with Crippen molar-refractivity contribution in [3.8, 4) is 0 Å². The van der Waals surface area contributed by atoms with Crippen LogP contribution in [0.2, 0.25) is 0 Å². The Hall–Kier alpha value is -2.43. The highest BCUT2D eigenvalue weighted by atomic mass is 35.5. The maximum absolute atomic E-state index is 13.3. The average Bonchev–Trinajstić information content (AvgIpc) is 2.68. The minimum Gasteiger partial charge on any atom is -0.392 e. The van der Waals surface area contributed by atoms with E-state index in [-0.39, 0.29) is 27.9 Å². The number of hydrogen-bond acceptors (Lipinski definition) is 5. The van der Waals surface area contributed by atoms with E-state index in [0.717, 1.165) is 17.0 Å². The van der Waals surface area contributed by atoms with E-state index in [1.807, 2.05) is 0 Å². The van der Waals surface area contributed by atoms with Crippen molar-refractivity contribution in [2.75, 3.05) is 0 Å². The number of aliphatic hydroxyl groups is 1. The van der Waals surface area contributed by atoms with Crippen molar-refractivity contribution in [1.82, 2.24) is 9.55 Å². The lowest BCUT2D eigenvalue weighted by atomic mass is 10.0. The summed E-state index contributed by atoms with van der Waals surface area (Å²) in [6, 6.07) is 7.47. The monoisotopic (exact) mass is 460 g/mol. The van der Waals surface area contributed by atoms with Gasteiger partial charge in [-0.05, 0) is 42.3 Å².